The molecular formula is C14H28. The molecule has 1 aliphatic rings. The molecule has 1 aliphatic carbocycles. The molecule has 0 heterocycles. The second-order valence-electron chi connectivity index (χ2n) is 6.90. The molecule has 3 atom stereocenters. The topological polar surface area (TPSA) is 0 Å². The SMILES string of the molecule is CC(C)CC1C[C@H](C(C)(C)C)C[C@@H]1C. The van der Waals surface area contributed by atoms with Gasteiger partial charge in [-0.3, -0.25) is 0 Å². The van der Waals surface area contributed by atoms with E-state index in [4.69, 9.17) is 0 Å². The molecule has 84 valence electrons. The average Bonchev–Trinajstić information content (AvgIpc) is 2.30. The van der Waals surface area contributed by atoms with Gasteiger partial charge in [0, 0.05) is 0 Å². The molecule has 1 unspecified atom stereocenters. The summed E-state index contributed by atoms with van der Waals surface area (Å²) in [7, 11) is 0. The van der Waals surface area contributed by atoms with Gasteiger partial charge in [-0.1, -0.05) is 41.5 Å². The first kappa shape index (κ1) is 12.1. The first-order valence-electron chi connectivity index (χ1n) is 6.30. The molecule has 0 spiro atoms. The maximum Gasteiger partial charge on any atom is -0.0354 e. The van der Waals surface area contributed by atoms with Crippen LogP contribution in [-0.2, 0) is 0 Å². The molecule has 0 N–H and O–H groups in total. The van der Waals surface area contributed by atoms with Crippen molar-refractivity contribution in [2.45, 2.75) is 60.8 Å². The van der Waals surface area contributed by atoms with E-state index in [-0.39, 0.29) is 0 Å². The number of rotatable bonds is 2. The zero-order chi connectivity index (χ0) is 10.9. The third-order valence-electron chi connectivity index (χ3n) is 4.05. The summed E-state index contributed by atoms with van der Waals surface area (Å²) in [6.45, 7) is 14.4. The lowest BCUT2D eigenvalue weighted by Gasteiger charge is -2.27. The lowest BCUT2D eigenvalue weighted by Crippen LogP contribution is -2.17. The van der Waals surface area contributed by atoms with Gasteiger partial charge in [-0.05, 0) is 48.3 Å². The summed E-state index contributed by atoms with van der Waals surface area (Å²) in [6, 6.07) is 0. The van der Waals surface area contributed by atoms with E-state index >= 15 is 0 Å². The van der Waals surface area contributed by atoms with Gasteiger partial charge < -0.3 is 0 Å². The van der Waals surface area contributed by atoms with Crippen molar-refractivity contribution in [1.29, 1.82) is 0 Å². The van der Waals surface area contributed by atoms with Gasteiger partial charge in [-0.2, -0.15) is 0 Å². The summed E-state index contributed by atoms with van der Waals surface area (Å²) in [4.78, 5) is 0. The largest absolute Gasteiger partial charge is 0.0628 e. The molecule has 1 rings (SSSR count). The van der Waals surface area contributed by atoms with E-state index in [1.54, 1.807) is 0 Å². The van der Waals surface area contributed by atoms with Crippen LogP contribution in [0, 0.1) is 29.1 Å². The van der Waals surface area contributed by atoms with E-state index in [0.29, 0.717) is 5.41 Å². The highest BCUT2D eigenvalue weighted by atomic mass is 14.4. The van der Waals surface area contributed by atoms with Crippen molar-refractivity contribution in [3.63, 3.8) is 0 Å². The molecule has 0 aromatic carbocycles. The van der Waals surface area contributed by atoms with Crippen LogP contribution in [0.3, 0.4) is 0 Å². The van der Waals surface area contributed by atoms with Gasteiger partial charge in [0.2, 0.25) is 0 Å². The standard InChI is InChI=1S/C14H28/c1-10(2)7-12-9-13(8-11(12)3)14(4,5)6/h10-13H,7-9H2,1-6H3/t11-,12?,13+/m0/s1. The summed E-state index contributed by atoms with van der Waals surface area (Å²) in [5, 5.41) is 0. The highest BCUT2D eigenvalue weighted by Crippen LogP contribution is 2.47. The van der Waals surface area contributed by atoms with Gasteiger partial charge in [0.1, 0.15) is 0 Å². The Morgan fingerprint density at radius 1 is 1.14 bits per heavy atom. The summed E-state index contributed by atoms with van der Waals surface area (Å²) in [5.41, 5.74) is 0.528. The fourth-order valence-electron chi connectivity index (χ4n) is 2.98. The summed E-state index contributed by atoms with van der Waals surface area (Å²) < 4.78 is 0. The van der Waals surface area contributed by atoms with Gasteiger partial charge in [-0.25, -0.2) is 0 Å². The van der Waals surface area contributed by atoms with Crippen LogP contribution in [0.2, 0.25) is 0 Å². The Balaban J connectivity index is 2.51. The minimum absolute atomic E-state index is 0.528. The van der Waals surface area contributed by atoms with Crippen molar-refractivity contribution in [3.05, 3.63) is 0 Å². The number of hydrogen-bond donors (Lipinski definition) is 0. The molecule has 0 aromatic rings. The maximum atomic E-state index is 2.46. The van der Waals surface area contributed by atoms with Gasteiger partial charge in [0.05, 0.1) is 0 Å². The van der Waals surface area contributed by atoms with Crippen molar-refractivity contribution in [1.82, 2.24) is 0 Å². The zero-order valence-corrected chi connectivity index (χ0v) is 10.9. The molecule has 0 nitrogen and oxygen atoms in total. The summed E-state index contributed by atoms with van der Waals surface area (Å²) >= 11 is 0. The quantitative estimate of drug-likeness (QED) is 0.598. The van der Waals surface area contributed by atoms with E-state index in [2.05, 4.69) is 41.5 Å². The molecule has 1 saturated carbocycles. The van der Waals surface area contributed by atoms with Gasteiger partial charge in [0.25, 0.3) is 0 Å². The predicted molar refractivity (Wildman–Crippen MR) is 64.3 cm³/mol. The van der Waals surface area contributed by atoms with Gasteiger partial charge in [-0.15, -0.1) is 0 Å². The minimum atomic E-state index is 0.528. The molecule has 0 radical (unpaired) electrons. The normalized spacial score (nSPS) is 34.1. The van der Waals surface area contributed by atoms with E-state index in [1.165, 1.54) is 19.3 Å². The first-order valence-corrected chi connectivity index (χ1v) is 6.30. The summed E-state index contributed by atoms with van der Waals surface area (Å²) in [6.07, 6.45) is 4.37. The van der Waals surface area contributed by atoms with Crippen LogP contribution in [0.25, 0.3) is 0 Å². The highest BCUT2D eigenvalue weighted by molar-refractivity contribution is 4.87. The zero-order valence-electron chi connectivity index (χ0n) is 10.9. The fourth-order valence-corrected chi connectivity index (χ4v) is 2.98. The molecule has 0 bridgehead atoms. The third-order valence-corrected chi connectivity index (χ3v) is 4.05. The second-order valence-corrected chi connectivity index (χ2v) is 6.90. The average molecular weight is 196 g/mol. The van der Waals surface area contributed by atoms with Crippen LogP contribution in [-0.4, -0.2) is 0 Å². The fraction of sp³-hybridized carbons (Fsp3) is 1.00. The van der Waals surface area contributed by atoms with Gasteiger partial charge >= 0.3 is 0 Å². The number of hydrogen-bond acceptors (Lipinski definition) is 0. The van der Waals surface area contributed by atoms with Crippen LogP contribution in [0.5, 0.6) is 0 Å². The molecule has 14 heavy (non-hydrogen) atoms. The predicted octanol–water partition coefficient (Wildman–Crippen LogP) is 4.74. The van der Waals surface area contributed by atoms with Crippen molar-refractivity contribution in [2.24, 2.45) is 29.1 Å². The Bertz CT molecular complexity index is 173. The minimum Gasteiger partial charge on any atom is -0.0628 e. The molecule has 0 amide bonds. The second kappa shape index (κ2) is 4.24. The van der Waals surface area contributed by atoms with Crippen molar-refractivity contribution < 1.29 is 0 Å². The van der Waals surface area contributed by atoms with Crippen LogP contribution in [0.1, 0.15) is 60.8 Å². The molecule has 0 saturated heterocycles. The van der Waals surface area contributed by atoms with E-state index in [1.807, 2.05) is 0 Å². The lowest BCUT2D eigenvalue weighted by molar-refractivity contribution is 0.234. The Labute approximate surface area is 90.5 Å². The van der Waals surface area contributed by atoms with E-state index in [0.717, 1.165) is 23.7 Å². The van der Waals surface area contributed by atoms with Crippen molar-refractivity contribution in [3.8, 4) is 0 Å². The first-order chi connectivity index (χ1) is 6.30. The molecule has 0 aromatic heterocycles. The Morgan fingerprint density at radius 3 is 2.07 bits per heavy atom. The third kappa shape index (κ3) is 3.00. The maximum absolute atomic E-state index is 2.46. The Morgan fingerprint density at radius 2 is 1.71 bits per heavy atom. The molecule has 1 fully saturated rings. The van der Waals surface area contributed by atoms with Crippen molar-refractivity contribution >= 4 is 0 Å². The van der Waals surface area contributed by atoms with Crippen molar-refractivity contribution in [2.75, 3.05) is 0 Å². The van der Waals surface area contributed by atoms with E-state index in [9.17, 15) is 0 Å². The Hall–Kier alpha value is 0. The molecular weight excluding hydrogens is 168 g/mol. The molecule has 0 heteroatoms. The Kier molecular flexibility index (Phi) is 3.66. The highest BCUT2D eigenvalue weighted by Gasteiger charge is 2.37. The van der Waals surface area contributed by atoms with Crippen LogP contribution in [0.4, 0.5) is 0 Å². The van der Waals surface area contributed by atoms with E-state index < -0.39 is 0 Å². The van der Waals surface area contributed by atoms with Crippen LogP contribution < -0.4 is 0 Å². The smallest absolute Gasteiger partial charge is 0.0354 e. The van der Waals surface area contributed by atoms with Crippen LogP contribution in [0.15, 0.2) is 0 Å². The molecule has 0 aliphatic heterocycles. The monoisotopic (exact) mass is 196 g/mol. The lowest BCUT2D eigenvalue weighted by atomic mass is 9.79. The van der Waals surface area contributed by atoms with Gasteiger partial charge in [0.15, 0.2) is 0 Å². The summed E-state index contributed by atoms with van der Waals surface area (Å²) in [5.74, 6) is 3.79. The van der Waals surface area contributed by atoms with Crippen LogP contribution >= 0.6 is 0 Å².